The lowest BCUT2D eigenvalue weighted by Crippen LogP contribution is -2.27. The Morgan fingerprint density at radius 2 is 2.19 bits per heavy atom. The summed E-state index contributed by atoms with van der Waals surface area (Å²) in [5, 5.41) is 8.94. The van der Waals surface area contributed by atoms with E-state index in [1.807, 2.05) is 0 Å². The highest BCUT2D eigenvalue weighted by Gasteiger charge is 2.27. The first-order valence-corrected chi connectivity index (χ1v) is 6.42. The Balaban J connectivity index is 2.76. The molecule has 0 aromatic heterocycles. The van der Waals surface area contributed by atoms with Crippen LogP contribution >= 0.6 is 27.7 Å². The molecule has 1 N–H and O–H groups in total. The van der Waals surface area contributed by atoms with E-state index in [-0.39, 0.29) is 5.82 Å². The summed E-state index contributed by atoms with van der Waals surface area (Å²) in [7, 11) is 0. The fraction of sp³-hybridized carbons (Fsp3) is 0.364. The van der Waals surface area contributed by atoms with Crippen LogP contribution in [0.15, 0.2) is 22.7 Å². The molecule has 0 saturated heterocycles. The molecule has 0 aliphatic heterocycles. The van der Waals surface area contributed by atoms with Crippen molar-refractivity contribution in [3.8, 4) is 0 Å². The van der Waals surface area contributed by atoms with E-state index in [0.29, 0.717) is 10.2 Å². The lowest BCUT2D eigenvalue weighted by atomic mass is 10.2. The summed E-state index contributed by atoms with van der Waals surface area (Å²) in [6.07, 6.45) is 0. The molecule has 1 rings (SSSR count). The van der Waals surface area contributed by atoms with Gasteiger partial charge in [0, 0.05) is 5.75 Å². The molecular weight excluding hydrogens is 295 g/mol. The van der Waals surface area contributed by atoms with Crippen LogP contribution in [-0.4, -0.2) is 15.8 Å². The first-order valence-electron chi connectivity index (χ1n) is 4.65. The number of hydrogen-bond donors (Lipinski definition) is 1. The van der Waals surface area contributed by atoms with Gasteiger partial charge in [-0.25, -0.2) is 4.39 Å². The lowest BCUT2D eigenvalue weighted by Gasteiger charge is -2.18. The molecule has 0 heterocycles. The number of thioether (sulfide) groups is 1. The minimum atomic E-state index is -0.870. The number of carboxylic acid groups (broad SMARTS) is 1. The summed E-state index contributed by atoms with van der Waals surface area (Å²) in [5.74, 6) is -0.742. The second-order valence-electron chi connectivity index (χ2n) is 3.82. The molecule has 0 fully saturated rings. The van der Waals surface area contributed by atoms with E-state index in [0.717, 1.165) is 5.56 Å². The van der Waals surface area contributed by atoms with Crippen LogP contribution in [0.3, 0.4) is 0 Å². The summed E-state index contributed by atoms with van der Waals surface area (Å²) < 4.78 is 12.7. The Hall–Kier alpha value is -0.550. The van der Waals surface area contributed by atoms with Crippen LogP contribution in [0.25, 0.3) is 0 Å². The molecule has 0 unspecified atom stereocenters. The molecule has 1 aromatic carbocycles. The Labute approximate surface area is 106 Å². The first-order chi connectivity index (χ1) is 7.34. The topological polar surface area (TPSA) is 37.3 Å². The minimum absolute atomic E-state index is 0.328. The van der Waals surface area contributed by atoms with Crippen LogP contribution in [-0.2, 0) is 10.5 Å². The molecule has 0 atom stereocenters. The Morgan fingerprint density at radius 3 is 2.75 bits per heavy atom. The average Bonchev–Trinajstić information content (AvgIpc) is 2.20. The van der Waals surface area contributed by atoms with Crippen molar-refractivity contribution in [2.45, 2.75) is 24.3 Å². The highest BCUT2D eigenvalue weighted by molar-refractivity contribution is 9.10. The minimum Gasteiger partial charge on any atom is -0.480 e. The van der Waals surface area contributed by atoms with Crippen molar-refractivity contribution in [3.05, 3.63) is 34.1 Å². The predicted molar refractivity (Wildman–Crippen MR) is 67.1 cm³/mol. The summed E-state index contributed by atoms with van der Waals surface area (Å²) >= 11 is 4.42. The molecule has 0 saturated carbocycles. The number of aliphatic carboxylic acids is 1. The second kappa shape index (κ2) is 5.19. The van der Waals surface area contributed by atoms with Gasteiger partial charge >= 0.3 is 5.97 Å². The predicted octanol–water partition coefficient (Wildman–Crippen LogP) is 3.68. The van der Waals surface area contributed by atoms with Crippen molar-refractivity contribution < 1.29 is 14.3 Å². The van der Waals surface area contributed by atoms with Gasteiger partial charge in [-0.3, -0.25) is 4.79 Å². The first kappa shape index (κ1) is 13.5. The monoisotopic (exact) mass is 306 g/mol. The smallest absolute Gasteiger partial charge is 0.319 e. The van der Waals surface area contributed by atoms with Crippen LogP contribution in [0.1, 0.15) is 19.4 Å². The summed E-state index contributed by atoms with van der Waals surface area (Å²) in [6.45, 7) is 3.26. The number of rotatable bonds is 4. The highest BCUT2D eigenvalue weighted by atomic mass is 79.9. The fourth-order valence-electron chi connectivity index (χ4n) is 0.980. The fourth-order valence-corrected chi connectivity index (χ4v) is 2.45. The molecular formula is C11H12BrFO2S. The van der Waals surface area contributed by atoms with Gasteiger partial charge in [-0.05, 0) is 41.4 Å². The molecule has 0 spiro atoms. The zero-order chi connectivity index (χ0) is 12.3. The number of hydrogen-bond acceptors (Lipinski definition) is 2. The van der Waals surface area contributed by atoms with Gasteiger partial charge in [0.25, 0.3) is 0 Å². The molecule has 0 bridgehead atoms. The van der Waals surface area contributed by atoms with Crippen molar-refractivity contribution in [2.24, 2.45) is 0 Å². The molecule has 0 amide bonds. The van der Waals surface area contributed by atoms with Crippen LogP contribution in [0, 0.1) is 5.82 Å². The SMILES string of the molecule is CC(C)(SCc1cccc(F)c1Br)C(=O)O. The van der Waals surface area contributed by atoms with E-state index in [1.165, 1.54) is 17.8 Å². The highest BCUT2D eigenvalue weighted by Crippen LogP contribution is 2.31. The van der Waals surface area contributed by atoms with Crippen LogP contribution < -0.4 is 0 Å². The molecule has 2 nitrogen and oxygen atoms in total. The maximum absolute atomic E-state index is 13.2. The van der Waals surface area contributed by atoms with Crippen LogP contribution in [0.5, 0.6) is 0 Å². The lowest BCUT2D eigenvalue weighted by molar-refractivity contribution is -0.138. The third-order valence-corrected chi connectivity index (χ3v) is 4.37. The molecule has 0 radical (unpaired) electrons. The molecule has 0 aliphatic carbocycles. The summed E-state index contributed by atoms with van der Waals surface area (Å²) in [6, 6.07) is 4.75. The zero-order valence-electron chi connectivity index (χ0n) is 8.96. The van der Waals surface area contributed by atoms with E-state index >= 15 is 0 Å². The van der Waals surface area contributed by atoms with Gasteiger partial charge in [0.15, 0.2) is 0 Å². The van der Waals surface area contributed by atoms with Crippen molar-refractivity contribution in [2.75, 3.05) is 0 Å². The van der Waals surface area contributed by atoms with Gasteiger partial charge in [-0.2, -0.15) is 0 Å². The normalized spacial score (nSPS) is 11.5. The average molecular weight is 307 g/mol. The van der Waals surface area contributed by atoms with Gasteiger partial charge < -0.3 is 5.11 Å². The third-order valence-electron chi connectivity index (χ3n) is 2.14. The van der Waals surface area contributed by atoms with Crippen LogP contribution in [0.4, 0.5) is 4.39 Å². The quantitative estimate of drug-likeness (QED) is 0.922. The van der Waals surface area contributed by atoms with Gasteiger partial charge in [0.2, 0.25) is 0 Å². The van der Waals surface area contributed by atoms with E-state index in [2.05, 4.69) is 15.9 Å². The number of halogens is 2. The molecule has 16 heavy (non-hydrogen) atoms. The number of carbonyl (C=O) groups is 1. The molecule has 0 aliphatic rings. The third kappa shape index (κ3) is 3.22. The van der Waals surface area contributed by atoms with E-state index in [1.54, 1.807) is 26.0 Å². The zero-order valence-corrected chi connectivity index (χ0v) is 11.4. The second-order valence-corrected chi connectivity index (χ2v) is 6.21. The molecule has 88 valence electrons. The largest absolute Gasteiger partial charge is 0.480 e. The van der Waals surface area contributed by atoms with E-state index in [4.69, 9.17) is 5.11 Å². The Morgan fingerprint density at radius 1 is 1.56 bits per heavy atom. The Bertz CT molecular complexity index is 407. The maximum atomic E-state index is 13.2. The van der Waals surface area contributed by atoms with Crippen molar-refractivity contribution in [1.82, 2.24) is 0 Å². The maximum Gasteiger partial charge on any atom is 0.319 e. The Kier molecular flexibility index (Phi) is 4.38. The number of carboxylic acids is 1. The van der Waals surface area contributed by atoms with Gasteiger partial charge in [-0.1, -0.05) is 12.1 Å². The van der Waals surface area contributed by atoms with Gasteiger partial charge in [-0.15, -0.1) is 11.8 Å². The van der Waals surface area contributed by atoms with Crippen molar-refractivity contribution in [1.29, 1.82) is 0 Å². The number of benzene rings is 1. The van der Waals surface area contributed by atoms with Gasteiger partial charge in [0.1, 0.15) is 10.6 Å². The van der Waals surface area contributed by atoms with Gasteiger partial charge in [0.05, 0.1) is 4.47 Å². The molecule has 1 aromatic rings. The van der Waals surface area contributed by atoms with Crippen LogP contribution in [0.2, 0.25) is 0 Å². The standard InChI is InChI=1S/C11H12BrFO2S/c1-11(2,10(14)15)16-6-7-4-3-5-8(13)9(7)12/h3-5H,6H2,1-2H3,(H,14,15). The summed E-state index contributed by atoms with van der Waals surface area (Å²) in [4.78, 5) is 10.9. The molecule has 5 heteroatoms. The van der Waals surface area contributed by atoms with E-state index < -0.39 is 10.7 Å². The van der Waals surface area contributed by atoms with Crippen molar-refractivity contribution >= 4 is 33.7 Å². The van der Waals surface area contributed by atoms with E-state index in [9.17, 15) is 9.18 Å². The summed E-state index contributed by atoms with van der Waals surface area (Å²) in [5.41, 5.74) is 0.763. The van der Waals surface area contributed by atoms with Crippen molar-refractivity contribution in [3.63, 3.8) is 0 Å².